The molecule has 2 nitrogen and oxygen atoms in total. The summed E-state index contributed by atoms with van der Waals surface area (Å²) in [4.78, 5) is 0. The molecule has 68 valence electrons. The summed E-state index contributed by atoms with van der Waals surface area (Å²) in [6.45, 7) is 0. The molecule has 1 aromatic heterocycles. The Labute approximate surface area is 83.0 Å². The Morgan fingerprint density at radius 2 is 1.86 bits per heavy atom. The molecule has 1 heterocycles. The van der Waals surface area contributed by atoms with Crippen LogP contribution in [-0.4, -0.2) is 4.57 Å². The van der Waals surface area contributed by atoms with Crippen molar-refractivity contribution in [3.05, 3.63) is 54.4 Å². The Morgan fingerprint density at radius 3 is 2.57 bits per heavy atom. The van der Waals surface area contributed by atoms with Crippen LogP contribution in [0.5, 0.6) is 0 Å². The number of benzene rings is 1. The smallest absolute Gasteiger partial charge is 0.0758 e. The van der Waals surface area contributed by atoms with Gasteiger partial charge in [0.2, 0.25) is 0 Å². The van der Waals surface area contributed by atoms with E-state index >= 15 is 0 Å². The van der Waals surface area contributed by atoms with Crippen LogP contribution in [0.1, 0.15) is 5.69 Å². The van der Waals surface area contributed by atoms with Crippen LogP contribution in [0.2, 0.25) is 0 Å². The van der Waals surface area contributed by atoms with E-state index in [1.807, 2.05) is 53.2 Å². The van der Waals surface area contributed by atoms with Gasteiger partial charge in [-0.15, -0.1) is 0 Å². The lowest BCUT2D eigenvalue weighted by atomic mass is 10.3. The summed E-state index contributed by atoms with van der Waals surface area (Å²) in [6.07, 6.45) is 2.42. The zero-order valence-electron chi connectivity index (χ0n) is 7.72. The summed E-state index contributed by atoms with van der Waals surface area (Å²) >= 11 is 0. The zero-order valence-corrected chi connectivity index (χ0v) is 7.72. The maximum atomic E-state index is 8.65. The Bertz CT molecular complexity index is 449. The third kappa shape index (κ3) is 1.53. The molecule has 14 heavy (non-hydrogen) atoms. The second-order valence-corrected chi connectivity index (χ2v) is 3.04. The number of para-hydroxylation sites is 1. The minimum absolute atomic E-state index is 0.446. The van der Waals surface area contributed by atoms with Crippen LogP contribution in [0.3, 0.4) is 0 Å². The first-order chi connectivity index (χ1) is 6.92. The van der Waals surface area contributed by atoms with E-state index in [0.29, 0.717) is 6.42 Å². The van der Waals surface area contributed by atoms with Gasteiger partial charge in [-0.2, -0.15) is 5.26 Å². The van der Waals surface area contributed by atoms with E-state index in [2.05, 4.69) is 6.07 Å². The largest absolute Gasteiger partial charge is 0.320 e. The third-order valence-corrected chi connectivity index (χ3v) is 2.13. The lowest BCUT2D eigenvalue weighted by Crippen LogP contribution is -1.97. The molecular weight excluding hydrogens is 172 g/mol. The fraction of sp³-hybridized carbons (Fsp3) is 0.0833. The summed E-state index contributed by atoms with van der Waals surface area (Å²) in [6, 6.07) is 16.1. The standard InChI is InChI=1S/C12H10N2/c13-9-8-12-7-4-10-14(12)11-5-2-1-3-6-11/h1-7,10H,8H2. The van der Waals surface area contributed by atoms with Gasteiger partial charge in [0, 0.05) is 17.6 Å². The molecule has 1 aromatic carbocycles. The first-order valence-corrected chi connectivity index (χ1v) is 4.50. The van der Waals surface area contributed by atoms with E-state index < -0.39 is 0 Å². The Hall–Kier alpha value is -2.01. The number of nitrogens with zero attached hydrogens (tertiary/aromatic N) is 2. The second-order valence-electron chi connectivity index (χ2n) is 3.04. The van der Waals surface area contributed by atoms with Gasteiger partial charge in [0.15, 0.2) is 0 Å². The molecule has 0 aliphatic rings. The molecule has 0 saturated heterocycles. The monoisotopic (exact) mass is 182 g/mol. The molecule has 0 radical (unpaired) electrons. The summed E-state index contributed by atoms with van der Waals surface area (Å²) in [5, 5.41) is 8.65. The highest BCUT2D eigenvalue weighted by Crippen LogP contribution is 2.12. The number of aromatic nitrogens is 1. The van der Waals surface area contributed by atoms with Crippen molar-refractivity contribution in [3.63, 3.8) is 0 Å². The van der Waals surface area contributed by atoms with E-state index in [-0.39, 0.29) is 0 Å². The van der Waals surface area contributed by atoms with Crippen molar-refractivity contribution in [3.8, 4) is 11.8 Å². The lowest BCUT2D eigenvalue weighted by molar-refractivity contribution is 0.978. The molecule has 0 bridgehead atoms. The van der Waals surface area contributed by atoms with Crippen molar-refractivity contribution in [1.29, 1.82) is 5.26 Å². The predicted molar refractivity (Wildman–Crippen MR) is 55.1 cm³/mol. The highest BCUT2D eigenvalue weighted by molar-refractivity contribution is 5.35. The Morgan fingerprint density at radius 1 is 1.07 bits per heavy atom. The molecule has 0 atom stereocenters. The molecule has 0 amide bonds. The van der Waals surface area contributed by atoms with E-state index in [1.165, 1.54) is 0 Å². The maximum Gasteiger partial charge on any atom is 0.0758 e. The van der Waals surface area contributed by atoms with Gasteiger partial charge in [-0.1, -0.05) is 18.2 Å². The molecule has 0 spiro atoms. The van der Waals surface area contributed by atoms with Gasteiger partial charge < -0.3 is 4.57 Å². The first-order valence-electron chi connectivity index (χ1n) is 4.50. The highest BCUT2D eigenvalue weighted by Gasteiger charge is 2.00. The minimum atomic E-state index is 0.446. The van der Waals surface area contributed by atoms with E-state index in [0.717, 1.165) is 11.4 Å². The van der Waals surface area contributed by atoms with Gasteiger partial charge in [0.25, 0.3) is 0 Å². The van der Waals surface area contributed by atoms with E-state index in [1.54, 1.807) is 0 Å². The van der Waals surface area contributed by atoms with Crippen LogP contribution < -0.4 is 0 Å². The summed E-state index contributed by atoms with van der Waals surface area (Å²) in [7, 11) is 0. The van der Waals surface area contributed by atoms with Crippen molar-refractivity contribution >= 4 is 0 Å². The number of hydrogen-bond donors (Lipinski definition) is 0. The van der Waals surface area contributed by atoms with Crippen molar-refractivity contribution in [2.24, 2.45) is 0 Å². The highest BCUT2D eigenvalue weighted by atomic mass is 15.0. The first kappa shape index (κ1) is 8.58. The second kappa shape index (κ2) is 3.80. The van der Waals surface area contributed by atoms with Crippen LogP contribution >= 0.6 is 0 Å². The Balaban J connectivity index is 2.43. The summed E-state index contributed by atoms with van der Waals surface area (Å²) in [5.74, 6) is 0. The molecule has 0 unspecified atom stereocenters. The topological polar surface area (TPSA) is 28.7 Å². The van der Waals surface area contributed by atoms with Crippen LogP contribution in [0.25, 0.3) is 5.69 Å². The van der Waals surface area contributed by atoms with E-state index in [9.17, 15) is 0 Å². The van der Waals surface area contributed by atoms with Crippen molar-refractivity contribution < 1.29 is 0 Å². The van der Waals surface area contributed by atoms with Gasteiger partial charge in [-0.3, -0.25) is 0 Å². The zero-order chi connectivity index (χ0) is 9.80. The number of hydrogen-bond acceptors (Lipinski definition) is 1. The molecule has 0 aliphatic heterocycles. The molecular formula is C12H10N2. The fourth-order valence-electron chi connectivity index (χ4n) is 1.48. The normalized spacial score (nSPS) is 9.64. The molecule has 0 aliphatic carbocycles. The maximum absolute atomic E-state index is 8.65. The lowest BCUT2D eigenvalue weighted by Gasteiger charge is -2.05. The average molecular weight is 182 g/mol. The fourth-order valence-corrected chi connectivity index (χ4v) is 1.48. The van der Waals surface area contributed by atoms with Crippen LogP contribution in [0, 0.1) is 11.3 Å². The van der Waals surface area contributed by atoms with Crippen LogP contribution in [0.15, 0.2) is 48.7 Å². The molecule has 2 aromatic rings. The van der Waals surface area contributed by atoms with Crippen LogP contribution in [-0.2, 0) is 6.42 Å². The number of nitriles is 1. The summed E-state index contributed by atoms with van der Waals surface area (Å²) in [5.41, 5.74) is 2.13. The summed E-state index contributed by atoms with van der Waals surface area (Å²) < 4.78 is 2.03. The predicted octanol–water partition coefficient (Wildman–Crippen LogP) is 2.54. The van der Waals surface area contributed by atoms with Gasteiger partial charge in [-0.25, -0.2) is 0 Å². The van der Waals surface area contributed by atoms with Gasteiger partial charge in [0.1, 0.15) is 0 Å². The third-order valence-electron chi connectivity index (χ3n) is 2.13. The molecule has 0 saturated carbocycles. The number of rotatable bonds is 2. The van der Waals surface area contributed by atoms with Gasteiger partial charge in [0.05, 0.1) is 12.5 Å². The van der Waals surface area contributed by atoms with Gasteiger partial charge in [-0.05, 0) is 24.3 Å². The average Bonchev–Trinajstić information content (AvgIpc) is 2.68. The molecule has 0 fully saturated rings. The van der Waals surface area contributed by atoms with E-state index in [4.69, 9.17) is 5.26 Å². The molecule has 2 rings (SSSR count). The quantitative estimate of drug-likeness (QED) is 0.701. The van der Waals surface area contributed by atoms with Crippen molar-refractivity contribution in [2.45, 2.75) is 6.42 Å². The Kier molecular flexibility index (Phi) is 2.33. The SMILES string of the molecule is N#CCc1cccn1-c1ccccc1. The van der Waals surface area contributed by atoms with Crippen molar-refractivity contribution in [1.82, 2.24) is 4.57 Å². The molecule has 2 heteroatoms. The van der Waals surface area contributed by atoms with Crippen LogP contribution in [0.4, 0.5) is 0 Å². The van der Waals surface area contributed by atoms with Gasteiger partial charge >= 0.3 is 0 Å². The van der Waals surface area contributed by atoms with Crippen molar-refractivity contribution in [2.75, 3.05) is 0 Å². The molecule has 0 N–H and O–H groups in total. The minimum Gasteiger partial charge on any atom is -0.320 e.